The Morgan fingerprint density at radius 2 is 2.16 bits per heavy atom. The largest absolute Gasteiger partial charge is 0.461 e. The van der Waals surface area contributed by atoms with Crippen LogP contribution in [0.15, 0.2) is 23.8 Å². The van der Waals surface area contributed by atoms with Gasteiger partial charge in [-0.15, -0.1) is 0 Å². The van der Waals surface area contributed by atoms with E-state index in [9.17, 15) is 14.7 Å². The van der Waals surface area contributed by atoms with E-state index < -0.39 is 35.8 Å². The van der Waals surface area contributed by atoms with Gasteiger partial charge in [0.05, 0.1) is 29.6 Å². The number of carbonyl (C=O) groups is 2. The highest BCUT2D eigenvalue weighted by Gasteiger charge is 2.57. The molecule has 1 aliphatic carbocycles. The maximum absolute atomic E-state index is 12.2. The quantitative estimate of drug-likeness (QED) is 0.354. The van der Waals surface area contributed by atoms with Crippen molar-refractivity contribution < 1.29 is 28.9 Å². The highest BCUT2D eigenvalue weighted by Crippen LogP contribution is 2.47. The fourth-order valence-electron chi connectivity index (χ4n) is 3.63. The van der Waals surface area contributed by atoms with Crippen LogP contribution in [0.1, 0.15) is 40.5 Å². The molecule has 0 aromatic carbocycles. The Hall–Kier alpha value is -1.66. The first-order valence-electron chi connectivity index (χ1n) is 8.77. The zero-order valence-corrected chi connectivity index (χ0v) is 15.2. The molecule has 2 heterocycles. The standard InChI is InChI=1S/C19H26O6/c1-9(2)17(21)24-14-8-19(5)15(25-19)7-12(20)10(3)6-13-16(14)11(4)18(22)23-13/h6,9,12-16,20H,4,7-8H2,1-3,5H3/b10-6-/t12?,13-,14?,15-,16+,19+/m1/s1. The van der Waals surface area contributed by atoms with E-state index in [2.05, 4.69) is 6.58 Å². The topological polar surface area (TPSA) is 85.4 Å². The normalized spacial score (nSPS) is 42.8. The van der Waals surface area contributed by atoms with Crippen molar-refractivity contribution in [3.05, 3.63) is 23.8 Å². The molecule has 1 N–H and O–H groups in total. The summed E-state index contributed by atoms with van der Waals surface area (Å²) < 4.78 is 17.0. The van der Waals surface area contributed by atoms with Gasteiger partial charge in [-0.2, -0.15) is 0 Å². The van der Waals surface area contributed by atoms with Crippen LogP contribution in [0.5, 0.6) is 0 Å². The lowest BCUT2D eigenvalue weighted by Gasteiger charge is -2.29. The van der Waals surface area contributed by atoms with Gasteiger partial charge in [0.2, 0.25) is 0 Å². The molecule has 0 radical (unpaired) electrons. The van der Waals surface area contributed by atoms with Crippen LogP contribution in [0.4, 0.5) is 0 Å². The summed E-state index contributed by atoms with van der Waals surface area (Å²) in [6.45, 7) is 11.1. The van der Waals surface area contributed by atoms with Gasteiger partial charge in [-0.05, 0) is 25.5 Å². The molecule has 0 bridgehead atoms. The first kappa shape index (κ1) is 18.1. The average Bonchev–Trinajstić information content (AvgIpc) is 3.04. The summed E-state index contributed by atoms with van der Waals surface area (Å²) in [4.78, 5) is 24.3. The second-order valence-electron chi connectivity index (χ2n) is 7.84. The SMILES string of the molecule is C=C1C(=O)O[C@@H]2/C=C(/C)C(O)C[C@H]3O[C@@]3(C)CC(OC(=O)C(C)C)[C@@H]12. The zero-order chi connectivity index (χ0) is 18.5. The van der Waals surface area contributed by atoms with Crippen LogP contribution >= 0.6 is 0 Å². The number of hydrogen-bond acceptors (Lipinski definition) is 6. The number of ether oxygens (including phenoxy) is 3. The predicted octanol–water partition coefficient (Wildman–Crippen LogP) is 1.91. The van der Waals surface area contributed by atoms with Gasteiger partial charge >= 0.3 is 11.9 Å². The van der Waals surface area contributed by atoms with E-state index in [1.54, 1.807) is 26.8 Å². The Labute approximate surface area is 147 Å². The maximum atomic E-state index is 12.2. The predicted molar refractivity (Wildman–Crippen MR) is 89.5 cm³/mol. The van der Waals surface area contributed by atoms with Gasteiger partial charge in [-0.3, -0.25) is 4.79 Å². The Morgan fingerprint density at radius 1 is 1.48 bits per heavy atom. The fourth-order valence-corrected chi connectivity index (χ4v) is 3.63. The van der Waals surface area contributed by atoms with Crippen LogP contribution in [0, 0.1) is 11.8 Å². The number of rotatable bonds is 2. The molecule has 2 saturated heterocycles. The Morgan fingerprint density at radius 3 is 2.80 bits per heavy atom. The first-order chi connectivity index (χ1) is 11.6. The lowest BCUT2D eigenvalue weighted by molar-refractivity contribution is -0.157. The number of aliphatic hydroxyl groups excluding tert-OH is 1. The molecule has 0 aromatic rings. The lowest BCUT2D eigenvalue weighted by Crippen LogP contribution is -2.38. The van der Waals surface area contributed by atoms with Gasteiger partial charge in [0, 0.05) is 18.4 Å². The summed E-state index contributed by atoms with van der Waals surface area (Å²) in [5.74, 6) is -1.56. The number of fused-ring (bicyclic) bond motifs is 2. The fraction of sp³-hybridized carbons (Fsp3) is 0.684. The highest BCUT2D eigenvalue weighted by molar-refractivity contribution is 5.91. The third-order valence-corrected chi connectivity index (χ3v) is 5.43. The van der Waals surface area contributed by atoms with E-state index >= 15 is 0 Å². The van der Waals surface area contributed by atoms with E-state index in [0.717, 1.165) is 0 Å². The molecule has 0 spiro atoms. The van der Waals surface area contributed by atoms with Crippen molar-refractivity contribution in [3.63, 3.8) is 0 Å². The van der Waals surface area contributed by atoms with Gasteiger partial charge in [0.25, 0.3) is 0 Å². The van der Waals surface area contributed by atoms with Crippen LogP contribution in [-0.4, -0.2) is 47.1 Å². The van der Waals surface area contributed by atoms with Crippen molar-refractivity contribution in [2.75, 3.05) is 0 Å². The lowest BCUT2D eigenvalue weighted by atomic mass is 9.82. The molecule has 138 valence electrons. The average molecular weight is 350 g/mol. The maximum Gasteiger partial charge on any atom is 0.334 e. The van der Waals surface area contributed by atoms with Crippen molar-refractivity contribution >= 4 is 11.9 Å². The minimum Gasteiger partial charge on any atom is -0.461 e. The number of hydrogen-bond donors (Lipinski definition) is 1. The summed E-state index contributed by atoms with van der Waals surface area (Å²) in [7, 11) is 0. The summed E-state index contributed by atoms with van der Waals surface area (Å²) >= 11 is 0. The van der Waals surface area contributed by atoms with Crippen molar-refractivity contribution in [2.24, 2.45) is 11.8 Å². The second-order valence-corrected chi connectivity index (χ2v) is 7.84. The highest BCUT2D eigenvalue weighted by atomic mass is 16.6. The molecular formula is C19H26O6. The molecule has 6 nitrogen and oxygen atoms in total. The van der Waals surface area contributed by atoms with E-state index in [-0.39, 0.29) is 18.0 Å². The molecule has 25 heavy (non-hydrogen) atoms. The Bertz CT molecular complexity index is 636. The molecule has 3 aliphatic rings. The summed E-state index contributed by atoms with van der Waals surface area (Å²) in [5.41, 5.74) is 0.523. The van der Waals surface area contributed by atoms with Crippen LogP contribution in [0.25, 0.3) is 0 Å². The summed E-state index contributed by atoms with van der Waals surface area (Å²) in [6, 6.07) is 0. The van der Waals surface area contributed by atoms with E-state index in [1.807, 2.05) is 6.92 Å². The van der Waals surface area contributed by atoms with Gasteiger partial charge in [-0.25, -0.2) is 4.79 Å². The molecule has 2 aliphatic heterocycles. The number of aliphatic hydroxyl groups is 1. The molecule has 2 unspecified atom stereocenters. The van der Waals surface area contributed by atoms with Crippen molar-refractivity contribution in [1.29, 1.82) is 0 Å². The van der Waals surface area contributed by atoms with Crippen molar-refractivity contribution in [1.82, 2.24) is 0 Å². The number of esters is 2. The minimum atomic E-state index is -0.658. The molecule has 0 aromatic heterocycles. The van der Waals surface area contributed by atoms with Crippen LogP contribution in [0.2, 0.25) is 0 Å². The van der Waals surface area contributed by atoms with E-state index in [0.29, 0.717) is 24.0 Å². The molecular weight excluding hydrogens is 324 g/mol. The third kappa shape index (κ3) is 3.37. The molecule has 3 rings (SSSR count). The van der Waals surface area contributed by atoms with E-state index in [4.69, 9.17) is 14.2 Å². The van der Waals surface area contributed by atoms with Gasteiger partial charge in [0.15, 0.2) is 0 Å². The van der Waals surface area contributed by atoms with E-state index in [1.165, 1.54) is 0 Å². The summed E-state index contributed by atoms with van der Waals surface area (Å²) in [5, 5.41) is 10.4. The Kier molecular flexibility index (Phi) is 4.54. The molecule has 6 atom stereocenters. The van der Waals surface area contributed by atoms with Gasteiger partial charge in [-0.1, -0.05) is 20.4 Å². The monoisotopic (exact) mass is 350 g/mol. The second kappa shape index (κ2) is 6.25. The van der Waals surface area contributed by atoms with Crippen LogP contribution in [-0.2, 0) is 23.8 Å². The van der Waals surface area contributed by atoms with Crippen molar-refractivity contribution in [3.8, 4) is 0 Å². The Balaban J connectivity index is 1.97. The van der Waals surface area contributed by atoms with Crippen LogP contribution < -0.4 is 0 Å². The van der Waals surface area contributed by atoms with Crippen LogP contribution in [0.3, 0.4) is 0 Å². The number of carbonyl (C=O) groups excluding carboxylic acids is 2. The van der Waals surface area contributed by atoms with Gasteiger partial charge in [0.1, 0.15) is 12.2 Å². The van der Waals surface area contributed by atoms with Crippen molar-refractivity contribution in [2.45, 2.75) is 70.6 Å². The minimum absolute atomic E-state index is 0.103. The number of epoxide rings is 1. The summed E-state index contributed by atoms with van der Waals surface area (Å²) in [6.07, 6.45) is 0.727. The zero-order valence-electron chi connectivity index (χ0n) is 15.2. The molecule has 2 fully saturated rings. The molecule has 6 heteroatoms. The van der Waals surface area contributed by atoms with Gasteiger partial charge < -0.3 is 19.3 Å². The first-order valence-corrected chi connectivity index (χ1v) is 8.77. The third-order valence-electron chi connectivity index (χ3n) is 5.43. The molecule has 0 amide bonds. The smallest absolute Gasteiger partial charge is 0.334 e. The molecule has 0 saturated carbocycles.